The lowest BCUT2D eigenvalue weighted by Gasteiger charge is -2.16. The van der Waals surface area contributed by atoms with E-state index in [9.17, 15) is 0 Å². The maximum atomic E-state index is 5.48. The average molecular weight is 364 g/mol. The average Bonchev–Trinajstić information content (AvgIpc) is 3.25. The van der Waals surface area contributed by atoms with Crippen LogP contribution in [-0.4, -0.2) is 28.4 Å². The molecule has 2 aromatic carbocycles. The fraction of sp³-hybridized carbons (Fsp3) is 0.217. The molecule has 0 fully saturated rings. The highest BCUT2D eigenvalue weighted by Gasteiger charge is 2.16. The van der Waals surface area contributed by atoms with Gasteiger partial charge in [-0.2, -0.15) is 0 Å². The van der Waals surface area contributed by atoms with E-state index in [2.05, 4.69) is 42.5 Å². The molecule has 0 saturated heterocycles. The van der Waals surface area contributed by atoms with E-state index in [1.165, 1.54) is 5.57 Å². The van der Waals surface area contributed by atoms with Gasteiger partial charge in [0.2, 0.25) is 5.75 Å². The Morgan fingerprint density at radius 2 is 1.37 bits per heavy atom. The molecular weight excluding hydrogens is 340 g/mol. The highest BCUT2D eigenvalue weighted by molar-refractivity contribution is 5.86. The topological polar surface area (TPSA) is 36.9 Å². The molecule has 0 amide bonds. The molecule has 0 heterocycles. The van der Waals surface area contributed by atoms with E-state index in [-0.39, 0.29) is 5.92 Å². The number of ether oxygens (including phenoxy) is 4. The van der Waals surface area contributed by atoms with Gasteiger partial charge in [0.15, 0.2) is 11.5 Å². The monoisotopic (exact) mass is 364 g/mol. The molecule has 0 radical (unpaired) electrons. The molecule has 0 N–H and O–H groups in total. The van der Waals surface area contributed by atoms with Crippen molar-refractivity contribution >= 4 is 11.6 Å². The molecule has 0 unspecified atom stereocenters. The lowest BCUT2D eigenvalue weighted by Crippen LogP contribution is -1.98. The van der Waals surface area contributed by atoms with Gasteiger partial charge in [-0.15, -0.1) is 0 Å². The molecule has 0 atom stereocenters. The zero-order chi connectivity index (χ0) is 19.2. The van der Waals surface area contributed by atoms with E-state index >= 15 is 0 Å². The molecule has 4 heteroatoms. The van der Waals surface area contributed by atoms with Gasteiger partial charge in [0.05, 0.1) is 28.4 Å². The summed E-state index contributed by atoms with van der Waals surface area (Å²) in [4.78, 5) is 0. The van der Waals surface area contributed by atoms with Crippen LogP contribution in [0.5, 0.6) is 23.0 Å². The zero-order valence-electron chi connectivity index (χ0n) is 16.1. The second-order valence-corrected chi connectivity index (χ2v) is 6.08. The molecule has 4 nitrogen and oxygen atoms in total. The second kappa shape index (κ2) is 8.49. The van der Waals surface area contributed by atoms with Crippen LogP contribution < -0.4 is 18.9 Å². The van der Waals surface area contributed by atoms with Crippen molar-refractivity contribution < 1.29 is 18.9 Å². The molecule has 1 aliphatic carbocycles. The lowest BCUT2D eigenvalue weighted by atomic mass is 9.91. The number of rotatable bonds is 7. The summed E-state index contributed by atoms with van der Waals surface area (Å²) in [6.07, 6.45) is 10.6. The van der Waals surface area contributed by atoms with Gasteiger partial charge in [0, 0.05) is 5.92 Å². The predicted molar refractivity (Wildman–Crippen MR) is 109 cm³/mol. The van der Waals surface area contributed by atoms with Gasteiger partial charge in [-0.25, -0.2) is 0 Å². The van der Waals surface area contributed by atoms with Gasteiger partial charge in [-0.05, 0) is 47.0 Å². The van der Waals surface area contributed by atoms with Crippen molar-refractivity contribution in [2.45, 2.75) is 0 Å². The summed E-state index contributed by atoms with van der Waals surface area (Å²) >= 11 is 0. The van der Waals surface area contributed by atoms with Crippen molar-refractivity contribution in [2.75, 3.05) is 28.4 Å². The first-order valence-electron chi connectivity index (χ1n) is 8.71. The third-order valence-electron chi connectivity index (χ3n) is 4.54. The van der Waals surface area contributed by atoms with Crippen molar-refractivity contribution in [1.82, 2.24) is 0 Å². The minimum Gasteiger partial charge on any atom is -0.497 e. The number of allylic oxidation sites excluding steroid dienone is 5. The zero-order valence-corrected chi connectivity index (χ0v) is 16.1. The summed E-state index contributed by atoms with van der Waals surface area (Å²) in [7, 11) is 6.52. The third kappa shape index (κ3) is 4.00. The molecule has 0 bridgehead atoms. The van der Waals surface area contributed by atoms with Gasteiger partial charge >= 0.3 is 0 Å². The lowest BCUT2D eigenvalue weighted by molar-refractivity contribution is 0.324. The molecule has 0 aliphatic heterocycles. The Bertz CT molecular complexity index is 839. The van der Waals surface area contributed by atoms with E-state index in [0.717, 1.165) is 16.9 Å². The van der Waals surface area contributed by atoms with E-state index in [4.69, 9.17) is 18.9 Å². The number of methoxy groups -OCH3 is 4. The van der Waals surface area contributed by atoms with E-state index < -0.39 is 0 Å². The maximum Gasteiger partial charge on any atom is 0.203 e. The fourth-order valence-corrected chi connectivity index (χ4v) is 3.16. The van der Waals surface area contributed by atoms with Crippen LogP contribution in [0.25, 0.3) is 11.6 Å². The Balaban J connectivity index is 2.10. The first-order valence-corrected chi connectivity index (χ1v) is 8.71. The molecular formula is C23H24O4. The van der Waals surface area contributed by atoms with Crippen molar-refractivity contribution in [3.05, 3.63) is 71.8 Å². The molecule has 27 heavy (non-hydrogen) atoms. The van der Waals surface area contributed by atoms with Crippen LogP contribution >= 0.6 is 0 Å². The molecule has 0 aromatic heterocycles. The van der Waals surface area contributed by atoms with Crippen LogP contribution in [0.4, 0.5) is 0 Å². The summed E-state index contributed by atoms with van der Waals surface area (Å²) in [5, 5.41) is 0. The summed E-state index contributed by atoms with van der Waals surface area (Å²) < 4.78 is 21.7. The smallest absolute Gasteiger partial charge is 0.203 e. The second-order valence-electron chi connectivity index (χ2n) is 6.08. The first kappa shape index (κ1) is 18.6. The minimum atomic E-state index is 0.206. The molecule has 2 aromatic rings. The minimum absolute atomic E-state index is 0.206. The Hall–Kier alpha value is -3.14. The van der Waals surface area contributed by atoms with Gasteiger partial charge in [-0.1, -0.05) is 36.4 Å². The van der Waals surface area contributed by atoms with Gasteiger partial charge in [-0.3, -0.25) is 0 Å². The Morgan fingerprint density at radius 3 is 1.85 bits per heavy atom. The van der Waals surface area contributed by atoms with Gasteiger partial charge < -0.3 is 18.9 Å². The van der Waals surface area contributed by atoms with E-state index in [1.807, 2.05) is 24.3 Å². The number of hydrogen-bond donors (Lipinski definition) is 0. The predicted octanol–water partition coefficient (Wildman–Crippen LogP) is 5.00. The van der Waals surface area contributed by atoms with Gasteiger partial charge in [0.25, 0.3) is 0 Å². The van der Waals surface area contributed by atoms with Crippen LogP contribution in [0.2, 0.25) is 0 Å². The van der Waals surface area contributed by atoms with Crippen LogP contribution in [-0.2, 0) is 0 Å². The van der Waals surface area contributed by atoms with Crippen molar-refractivity contribution in [3.8, 4) is 23.0 Å². The Labute approximate surface area is 160 Å². The summed E-state index contributed by atoms with van der Waals surface area (Å²) in [5.74, 6) is 2.90. The van der Waals surface area contributed by atoms with Crippen LogP contribution in [0.15, 0.2) is 60.7 Å². The highest BCUT2D eigenvalue weighted by atomic mass is 16.5. The molecule has 3 rings (SSSR count). The first-order chi connectivity index (χ1) is 13.2. The quantitative estimate of drug-likeness (QED) is 0.648. The fourth-order valence-electron chi connectivity index (χ4n) is 3.16. The normalized spacial score (nSPS) is 13.7. The number of hydrogen-bond acceptors (Lipinski definition) is 4. The number of benzene rings is 2. The highest BCUT2D eigenvalue weighted by Crippen LogP contribution is 2.40. The SMILES string of the molecule is COc1ccc(/C(=C/c2cc(OC)c(OC)c(OC)c2)C2C=CC=C2)cc1. The third-order valence-corrected chi connectivity index (χ3v) is 4.54. The maximum absolute atomic E-state index is 5.48. The van der Waals surface area contributed by atoms with Crippen LogP contribution in [0.3, 0.4) is 0 Å². The van der Waals surface area contributed by atoms with E-state index in [0.29, 0.717) is 17.2 Å². The van der Waals surface area contributed by atoms with Crippen molar-refractivity contribution in [1.29, 1.82) is 0 Å². The summed E-state index contributed by atoms with van der Waals surface area (Å²) in [5.41, 5.74) is 3.28. The Morgan fingerprint density at radius 1 is 0.778 bits per heavy atom. The molecule has 1 aliphatic rings. The van der Waals surface area contributed by atoms with E-state index in [1.54, 1.807) is 28.4 Å². The Kier molecular flexibility index (Phi) is 5.87. The van der Waals surface area contributed by atoms with Crippen molar-refractivity contribution in [2.24, 2.45) is 5.92 Å². The van der Waals surface area contributed by atoms with Crippen LogP contribution in [0, 0.1) is 5.92 Å². The molecule has 140 valence electrons. The summed E-state index contributed by atoms with van der Waals surface area (Å²) in [6, 6.07) is 12.0. The summed E-state index contributed by atoms with van der Waals surface area (Å²) in [6.45, 7) is 0. The largest absolute Gasteiger partial charge is 0.497 e. The van der Waals surface area contributed by atoms with Gasteiger partial charge in [0.1, 0.15) is 5.75 Å². The molecule has 0 spiro atoms. The van der Waals surface area contributed by atoms with Crippen LogP contribution in [0.1, 0.15) is 11.1 Å². The molecule has 0 saturated carbocycles. The standard InChI is InChI=1S/C23H24O4/c1-24-19-11-9-18(10-12-19)20(17-7-5-6-8-17)13-16-14-21(25-2)23(27-4)22(15-16)26-3/h5-15,17H,1-4H3/b20-13+. The van der Waals surface area contributed by atoms with Crippen molar-refractivity contribution in [3.63, 3.8) is 0 Å².